The van der Waals surface area contributed by atoms with E-state index in [1.807, 2.05) is 45.0 Å². The molecule has 0 aliphatic rings. The van der Waals surface area contributed by atoms with Gasteiger partial charge in [-0.15, -0.1) is 0 Å². The molecule has 2 N–H and O–H groups in total. The van der Waals surface area contributed by atoms with E-state index in [-0.39, 0.29) is 11.0 Å². The zero-order chi connectivity index (χ0) is 21.4. The van der Waals surface area contributed by atoms with Crippen LogP contribution in [0.2, 0.25) is 0 Å². The fourth-order valence-electron chi connectivity index (χ4n) is 2.26. The fourth-order valence-corrected chi connectivity index (χ4v) is 2.84. The highest BCUT2D eigenvalue weighted by Gasteiger charge is 2.15. The molecule has 0 radical (unpaired) electrons. The number of carbonyl (C=O) groups excluding carboxylic acids is 1. The van der Waals surface area contributed by atoms with Crippen molar-refractivity contribution in [1.82, 2.24) is 5.32 Å². The first-order chi connectivity index (χ1) is 13.7. The van der Waals surface area contributed by atoms with Crippen LogP contribution in [0.3, 0.4) is 0 Å². The molecular weight excluding hydrogens is 452 g/mol. The molecule has 0 heterocycles. The second-order valence-electron chi connectivity index (χ2n) is 7.03. The van der Waals surface area contributed by atoms with E-state index in [1.54, 1.807) is 18.2 Å². The molecule has 154 valence electrons. The highest BCUT2D eigenvalue weighted by Crippen LogP contribution is 2.24. The average Bonchev–Trinajstić information content (AvgIpc) is 2.65. The Bertz CT molecular complexity index is 899. The first kappa shape index (κ1) is 22.9. The van der Waals surface area contributed by atoms with Gasteiger partial charge in [0.25, 0.3) is 5.91 Å². The van der Waals surface area contributed by atoms with Gasteiger partial charge in [0, 0.05) is 16.2 Å². The fraction of sp³-hybridized carbons (Fsp3) is 0.273. The van der Waals surface area contributed by atoms with Crippen molar-refractivity contribution in [3.05, 3.63) is 64.7 Å². The Morgan fingerprint density at radius 2 is 1.97 bits per heavy atom. The molecule has 7 heteroatoms. The van der Waals surface area contributed by atoms with Gasteiger partial charge < -0.3 is 14.8 Å². The average molecular weight is 477 g/mol. The number of hydrogen-bond donors (Lipinski definition) is 2. The Labute approximate surface area is 185 Å². The summed E-state index contributed by atoms with van der Waals surface area (Å²) >= 11 is 8.69. The molecule has 0 atom stereocenters. The van der Waals surface area contributed by atoms with Gasteiger partial charge in [0.1, 0.15) is 18.1 Å². The SMILES string of the molecule is C=C(C)COc1cccc(NC(=S)NC(=O)c2cc(Br)ccc2OCC(C)C)c1. The van der Waals surface area contributed by atoms with Gasteiger partial charge in [-0.2, -0.15) is 0 Å². The number of ether oxygens (including phenoxy) is 2. The lowest BCUT2D eigenvalue weighted by Crippen LogP contribution is -2.34. The minimum atomic E-state index is -0.350. The number of rotatable bonds is 8. The summed E-state index contributed by atoms with van der Waals surface area (Å²) in [5, 5.41) is 5.88. The molecule has 1 amide bonds. The minimum Gasteiger partial charge on any atom is -0.492 e. The van der Waals surface area contributed by atoms with E-state index < -0.39 is 0 Å². The summed E-state index contributed by atoms with van der Waals surface area (Å²) < 4.78 is 12.2. The number of halogens is 1. The van der Waals surface area contributed by atoms with E-state index in [9.17, 15) is 4.79 Å². The maximum Gasteiger partial charge on any atom is 0.261 e. The molecule has 0 unspecified atom stereocenters. The van der Waals surface area contributed by atoms with E-state index in [1.165, 1.54) is 0 Å². The molecule has 2 rings (SSSR count). The van der Waals surface area contributed by atoms with Gasteiger partial charge in [0.05, 0.1) is 12.2 Å². The number of benzene rings is 2. The summed E-state index contributed by atoms with van der Waals surface area (Å²) in [4.78, 5) is 12.7. The molecule has 0 bridgehead atoms. The molecule has 2 aromatic carbocycles. The summed E-state index contributed by atoms with van der Waals surface area (Å²) in [5.41, 5.74) is 2.04. The van der Waals surface area contributed by atoms with Gasteiger partial charge in [-0.05, 0) is 61.0 Å². The van der Waals surface area contributed by atoms with E-state index in [0.717, 1.165) is 10.0 Å². The van der Waals surface area contributed by atoms with Gasteiger partial charge >= 0.3 is 0 Å². The monoisotopic (exact) mass is 476 g/mol. The summed E-state index contributed by atoms with van der Waals surface area (Å²) in [7, 11) is 0. The van der Waals surface area contributed by atoms with Crippen molar-refractivity contribution in [3.8, 4) is 11.5 Å². The Morgan fingerprint density at radius 3 is 2.66 bits per heavy atom. The molecule has 0 saturated carbocycles. The van der Waals surface area contributed by atoms with Crippen LogP contribution < -0.4 is 20.1 Å². The highest BCUT2D eigenvalue weighted by atomic mass is 79.9. The molecule has 0 aliphatic carbocycles. The van der Waals surface area contributed by atoms with Crippen LogP contribution in [-0.2, 0) is 0 Å². The van der Waals surface area contributed by atoms with Crippen LogP contribution in [0.15, 0.2) is 59.1 Å². The normalized spacial score (nSPS) is 10.4. The van der Waals surface area contributed by atoms with Gasteiger partial charge in [0.15, 0.2) is 5.11 Å². The molecule has 0 aromatic heterocycles. The number of carbonyl (C=O) groups is 1. The molecule has 0 spiro atoms. The van der Waals surface area contributed by atoms with Crippen LogP contribution in [0.1, 0.15) is 31.1 Å². The summed E-state index contributed by atoms with van der Waals surface area (Å²) in [5.74, 6) is 1.19. The number of thiocarbonyl (C=S) groups is 1. The van der Waals surface area contributed by atoms with Crippen molar-refractivity contribution in [2.75, 3.05) is 18.5 Å². The molecule has 0 aliphatic heterocycles. The smallest absolute Gasteiger partial charge is 0.261 e. The number of anilines is 1. The van der Waals surface area contributed by atoms with Crippen molar-refractivity contribution >= 4 is 44.9 Å². The standard InChI is InChI=1S/C22H25BrN2O3S/c1-14(2)12-27-18-7-5-6-17(11-18)24-22(29)25-21(26)19-10-16(23)8-9-20(19)28-13-15(3)4/h5-11,15H,1,12-13H2,2-4H3,(H2,24,25,26,29). The van der Waals surface area contributed by atoms with Gasteiger partial charge in [-0.25, -0.2) is 0 Å². The number of nitrogens with one attached hydrogen (secondary N) is 2. The number of amides is 1. The van der Waals surface area contributed by atoms with Gasteiger partial charge in [-0.3, -0.25) is 10.1 Å². The zero-order valence-corrected chi connectivity index (χ0v) is 19.2. The third-order valence-electron chi connectivity index (χ3n) is 3.56. The van der Waals surface area contributed by atoms with E-state index >= 15 is 0 Å². The predicted molar refractivity (Wildman–Crippen MR) is 125 cm³/mol. The lowest BCUT2D eigenvalue weighted by molar-refractivity contribution is 0.0973. The lowest BCUT2D eigenvalue weighted by atomic mass is 10.2. The van der Waals surface area contributed by atoms with Crippen LogP contribution >= 0.6 is 28.1 Å². The third-order valence-corrected chi connectivity index (χ3v) is 4.26. The van der Waals surface area contributed by atoms with Gasteiger partial charge in [-0.1, -0.05) is 42.4 Å². The third kappa shape index (κ3) is 7.87. The molecule has 29 heavy (non-hydrogen) atoms. The summed E-state index contributed by atoms with van der Waals surface area (Å²) in [6.45, 7) is 10.8. The quantitative estimate of drug-likeness (QED) is 0.385. The largest absolute Gasteiger partial charge is 0.492 e. The Hall–Kier alpha value is -2.38. The van der Waals surface area contributed by atoms with E-state index in [0.29, 0.717) is 41.9 Å². The predicted octanol–water partition coefficient (Wildman–Crippen LogP) is 5.57. The van der Waals surface area contributed by atoms with Crippen molar-refractivity contribution in [2.24, 2.45) is 5.92 Å². The first-order valence-corrected chi connectivity index (χ1v) is 10.4. The molecule has 5 nitrogen and oxygen atoms in total. The second-order valence-corrected chi connectivity index (χ2v) is 8.35. The van der Waals surface area contributed by atoms with Crippen LogP contribution in [0.5, 0.6) is 11.5 Å². The second kappa shape index (κ2) is 11.0. The number of hydrogen-bond acceptors (Lipinski definition) is 4. The van der Waals surface area contributed by atoms with E-state index in [4.69, 9.17) is 21.7 Å². The first-order valence-electron chi connectivity index (χ1n) is 9.16. The topological polar surface area (TPSA) is 59.6 Å². The van der Waals surface area contributed by atoms with Crippen molar-refractivity contribution < 1.29 is 14.3 Å². The van der Waals surface area contributed by atoms with Crippen LogP contribution in [0.25, 0.3) is 0 Å². The molecule has 2 aromatic rings. The Balaban J connectivity index is 2.04. The lowest BCUT2D eigenvalue weighted by Gasteiger charge is -2.15. The highest BCUT2D eigenvalue weighted by molar-refractivity contribution is 9.10. The van der Waals surface area contributed by atoms with Crippen LogP contribution in [-0.4, -0.2) is 24.2 Å². The maximum atomic E-state index is 12.7. The summed E-state index contributed by atoms with van der Waals surface area (Å²) in [6, 6.07) is 12.6. The van der Waals surface area contributed by atoms with Crippen LogP contribution in [0.4, 0.5) is 5.69 Å². The van der Waals surface area contributed by atoms with Crippen molar-refractivity contribution in [2.45, 2.75) is 20.8 Å². The summed E-state index contributed by atoms with van der Waals surface area (Å²) in [6.07, 6.45) is 0. The van der Waals surface area contributed by atoms with Gasteiger partial charge in [0.2, 0.25) is 0 Å². The Kier molecular flexibility index (Phi) is 8.67. The van der Waals surface area contributed by atoms with E-state index in [2.05, 4.69) is 33.1 Å². The molecular formula is C22H25BrN2O3S. The molecule has 0 fully saturated rings. The maximum absolute atomic E-state index is 12.7. The van der Waals surface area contributed by atoms with Crippen LogP contribution in [0, 0.1) is 5.92 Å². The minimum absolute atomic E-state index is 0.182. The van der Waals surface area contributed by atoms with Crippen molar-refractivity contribution in [1.29, 1.82) is 0 Å². The van der Waals surface area contributed by atoms with Crippen molar-refractivity contribution in [3.63, 3.8) is 0 Å². The molecule has 0 saturated heterocycles. The zero-order valence-electron chi connectivity index (χ0n) is 16.8. The Morgan fingerprint density at radius 1 is 1.21 bits per heavy atom.